The molecule has 0 aliphatic carbocycles. The molecule has 0 heterocycles. The van der Waals surface area contributed by atoms with Gasteiger partial charge < -0.3 is 0 Å². The fourth-order valence-corrected chi connectivity index (χ4v) is 8.93. The SMILES string of the molecule is [Mn+2].[Mn+2].[c-]1ccccc1.[c-]1ccccc1.c1ccc([B-](c2ccccc2)(c2ccccc2)c2ccccc2)cc1.c1ccc([B-](c2ccccc2)(c2ccccc2)c2ccccc2)cc1. The van der Waals surface area contributed by atoms with Gasteiger partial charge in [-0.15, -0.1) is 0 Å². The average Bonchev–Trinajstić information content (AvgIpc) is 3.39. The molecule has 0 aliphatic heterocycles. The number of rotatable bonds is 8. The van der Waals surface area contributed by atoms with Crippen LogP contribution < -0.4 is 43.7 Å². The van der Waals surface area contributed by atoms with Crippen molar-refractivity contribution in [2.75, 3.05) is 0 Å². The van der Waals surface area contributed by atoms with Gasteiger partial charge >= 0.3 is 34.1 Å². The van der Waals surface area contributed by atoms with E-state index in [1.165, 1.54) is 43.7 Å². The van der Waals surface area contributed by atoms with E-state index in [2.05, 4.69) is 255 Å². The summed E-state index contributed by atoms with van der Waals surface area (Å²) in [6.45, 7) is 0. The molecule has 0 amide bonds. The molecule has 0 saturated carbocycles. The largest absolute Gasteiger partial charge is 2.00 e. The predicted molar refractivity (Wildman–Crippen MR) is 271 cm³/mol. The molecule has 10 rings (SSSR count). The summed E-state index contributed by atoms with van der Waals surface area (Å²) in [6.07, 6.45) is -2.43. The zero-order chi connectivity index (χ0) is 42.4. The van der Waals surface area contributed by atoms with Crippen LogP contribution in [0, 0.1) is 12.1 Å². The topological polar surface area (TPSA) is 0 Å². The first-order valence-corrected chi connectivity index (χ1v) is 21.4. The van der Waals surface area contributed by atoms with E-state index in [1.54, 1.807) is 0 Å². The van der Waals surface area contributed by atoms with Crippen molar-refractivity contribution in [1.82, 2.24) is 0 Å². The second-order valence-corrected chi connectivity index (χ2v) is 15.2. The van der Waals surface area contributed by atoms with Gasteiger partial charge in [0.1, 0.15) is 12.3 Å². The standard InChI is InChI=1S/2C24H20B.2C6H5.2Mn/c2*1-5-13-21(14-6-1)25(22-15-7-2-8-16-22,23-17-9-3-10-18-23)24-19-11-4-12-20-24;2*1-2-4-6-5-3-1;;/h2*1-20H;2*1-5H;;/q4*-1;2*+2. The summed E-state index contributed by atoms with van der Waals surface area (Å²) in [4.78, 5) is 0. The molecular formula is C60H50B2Mn2. The third-order valence-electron chi connectivity index (χ3n) is 11.6. The molecule has 10 aromatic rings. The van der Waals surface area contributed by atoms with Crippen molar-refractivity contribution in [2.45, 2.75) is 0 Å². The summed E-state index contributed by atoms with van der Waals surface area (Å²) < 4.78 is 0. The minimum Gasteiger partial charge on any atom is -0.195 e. The molecule has 0 fully saturated rings. The second kappa shape index (κ2) is 26.1. The monoisotopic (exact) mass is 902 g/mol. The fraction of sp³-hybridized carbons (Fsp3) is 0. The Labute approximate surface area is 402 Å². The van der Waals surface area contributed by atoms with Gasteiger partial charge in [0.25, 0.3) is 0 Å². The summed E-state index contributed by atoms with van der Waals surface area (Å²) in [5, 5.41) is 0. The van der Waals surface area contributed by atoms with E-state index >= 15 is 0 Å². The third-order valence-corrected chi connectivity index (χ3v) is 11.6. The van der Waals surface area contributed by atoms with Crippen LogP contribution in [0.1, 0.15) is 0 Å². The van der Waals surface area contributed by atoms with E-state index in [-0.39, 0.29) is 34.1 Å². The van der Waals surface area contributed by atoms with Crippen LogP contribution in [-0.2, 0) is 34.1 Å². The van der Waals surface area contributed by atoms with Gasteiger partial charge in [-0.3, -0.25) is 0 Å². The van der Waals surface area contributed by atoms with Crippen molar-refractivity contribution in [3.63, 3.8) is 0 Å². The van der Waals surface area contributed by atoms with Gasteiger partial charge in [-0.25, -0.2) is 0 Å². The van der Waals surface area contributed by atoms with E-state index < -0.39 is 12.3 Å². The summed E-state index contributed by atoms with van der Waals surface area (Å²) in [5.41, 5.74) is 10.7. The normalized spacial score (nSPS) is 10.2. The summed E-state index contributed by atoms with van der Waals surface area (Å²) in [6, 6.07) is 112. The van der Waals surface area contributed by atoms with Crippen molar-refractivity contribution >= 4 is 56.0 Å². The van der Waals surface area contributed by atoms with E-state index in [1.807, 2.05) is 60.7 Å². The van der Waals surface area contributed by atoms with E-state index in [0.29, 0.717) is 0 Å². The molecule has 0 spiro atoms. The molecule has 10 aromatic carbocycles. The van der Waals surface area contributed by atoms with E-state index in [4.69, 9.17) is 0 Å². The Hall–Kier alpha value is -6.63. The Morgan fingerprint density at radius 2 is 0.297 bits per heavy atom. The van der Waals surface area contributed by atoms with Crippen molar-refractivity contribution < 1.29 is 34.1 Å². The minimum absolute atomic E-state index is 0. The maximum atomic E-state index is 2.89. The smallest absolute Gasteiger partial charge is 0.195 e. The molecule has 0 bridgehead atoms. The Balaban J connectivity index is 0.000000186. The van der Waals surface area contributed by atoms with Gasteiger partial charge in [0.05, 0.1) is 0 Å². The maximum Gasteiger partial charge on any atom is 2.00 e. The van der Waals surface area contributed by atoms with Crippen molar-refractivity contribution in [3.05, 3.63) is 315 Å². The zero-order valence-corrected chi connectivity index (χ0v) is 38.1. The van der Waals surface area contributed by atoms with Crippen LogP contribution in [0.5, 0.6) is 0 Å². The van der Waals surface area contributed by atoms with Crippen molar-refractivity contribution in [3.8, 4) is 0 Å². The Morgan fingerprint density at radius 3 is 0.391 bits per heavy atom. The molecule has 4 heteroatoms. The van der Waals surface area contributed by atoms with Gasteiger partial charge in [-0.05, 0) is 0 Å². The van der Waals surface area contributed by atoms with Gasteiger partial charge in [-0.1, -0.05) is 243 Å². The van der Waals surface area contributed by atoms with Gasteiger partial charge in [0.2, 0.25) is 0 Å². The summed E-state index contributed by atoms with van der Waals surface area (Å²) in [5.74, 6) is 0. The van der Waals surface area contributed by atoms with Crippen molar-refractivity contribution in [2.24, 2.45) is 0 Å². The number of hydrogen-bond donors (Lipinski definition) is 0. The molecule has 2 radical (unpaired) electrons. The molecule has 0 nitrogen and oxygen atoms in total. The first-order valence-electron chi connectivity index (χ1n) is 21.4. The third kappa shape index (κ3) is 11.9. The Morgan fingerprint density at radius 1 is 0.172 bits per heavy atom. The second-order valence-electron chi connectivity index (χ2n) is 15.2. The van der Waals surface area contributed by atoms with Crippen LogP contribution in [0.25, 0.3) is 0 Å². The van der Waals surface area contributed by atoms with Crippen LogP contribution in [0.2, 0.25) is 0 Å². The van der Waals surface area contributed by atoms with Crippen LogP contribution in [0.15, 0.2) is 303 Å². The molecule has 0 saturated heterocycles. The first-order chi connectivity index (χ1) is 30.8. The minimum atomic E-state index is -1.22. The fourth-order valence-electron chi connectivity index (χ4n) is 8.93. The molecule has 0 atom stereocenters. The van der Waals surface area contributed by atoms with Crippen LogP contribution in [0.4, 0.5) is 0 Å². The van der Waals surface area contributed by atoms with E-state index in [9.17, 15) is 0 Å². The molecular weight excluding hydrogens is 852 g/mol. The van der Waals surface area contributed by atoms with Gasteiger partial charge in [0.15, 0.2) is 0 Å². The van der Waals surface area contributed by atoms with Crippen LogP contribution in [-0.4, -0.2) is 12.3 Å². The molecule has 310 valence electrons. The van der Waals surface area contributed by atoms with Crippen LogP contribution >= 0.6 is 0 Å². The molecule has 0 unspecified atom stereocenters. The Kier molecular flexibility index (Phi) is 19.7. The summed E-state index contributed by atoms with van der Waals surface area (Å²) >= 11 is 0. The first kappa shape index (κ1) is 48.4. The number of benzene rings is 10. The number of hydrogen-bond acceptors (Lipinski definition) is 0. The molecule has 64 heavy (non-hydrogen) atoms. The van der Waals surface area contributed by atoms with Gasteiger partial charge in [0, 0.05) is 0 Å². The molecule has 0 N–H and O–H groups in total. The quantitative estimate of drug-likeness (QED) is 0.106. The molecule has 0 aliphatic rings. The average molecular weight is 903 g/mol. The summed E-state index contributed by atoms with van der Waals surface area (Å²) in [7, 11) is 0. The maximum absolute atomic E-state index is 2.89. The van der Waals surface area contributed by atoms with Crippen LogP contribution in [0.3, 0.4) is 0 Å². The zero-order valence-electron chi connectivity index (χ0n) is 35.8. The van der Waals surface area contributed by atoms with Crippen molar-refractivity contribution in [1.29, 1.82) is 0 Å². The van der Waals surface area contributed by atoms with E-state index in [0.717, 1.165) is 0 Å². The predicted octanol–water partition coefficient (Wildman–Crippen LogP) is 9.10. The Bertz CT molecular complexity index is 2110. The van der Waals surface area contributed by atoms with Gasteiger partial charge in [-0.2, -0.15) is 116 Å². The molecule has 0 aromatic heterocycles.